The summed E-state index contributed by atoms with van der Waals surface area (Å²) in [6.45, 7) is 1.20. The van der Waals surface area contributed by atoms with Gasteiger partial charge in [-0.15, -0.1) is 5.10 Å². The first kappa shape index (κ1) is 10.3. The highest BCUT2D eigenvalue weighted by atomic mass is 16.5. The van der Waals surface area contributed by atoms with Crippen molar-refractivity contribution in [2.24, 2.45) is 0 Å². The van der Waals surface area contributed by atoms with Crippen LogP contribution in [-0.2, 0) is 4.74 Å². The maximum atomic E-state index is 11.7. The first-order valence-corrected chi connectivity index (χ1v) is 5.57. The predicted octanol–water partition coefficient (Wildman–Crippen LogP) is 1.46. The average molecular weight is 232 g/mol. The molecule has 5 heteroatoms. The van der Waals surface area contributed by atoms with Gasteiger partial charge < -0.3 is 9.15 Å². The predicted molar refractivity (Wildman–Crippen MR) is 60.7 cm³/mol. The van der Waals surface area contributed by atoms with Crippen molar-refractivity contribution in [1.29, 1.82) is 0 Å². The third-order valence-corrected chi connectivity index (χ3v) is 2.84. The van der Waals surface area contributed by atoms with Gasteiger partial charge in [-0.3, -0.25) is 0 Å². The summed E-state index contributed by atoms with van der Waals surface area (Å²) in [7, 11) is 0. The van der Waals surface area contributed by atoms with E-state index in [-0.39, 0.29) is 6.04 Å². The summed E-state index contributed by atoms with van der Waals surface area (Å²) < 4.78 is 11.8. The van der Waals surface area contributed by atoms with Crippen LogP contribution in [0.1, 0.15) is 12.5 Å². The highest BCUT2D eigenvalue weighted by Gasteiger charge is 2.22. The van der Waals surface area contributed by atoms with E-state index in [1.165, 1.54) is 4.68 Å². The summed E-state index contributed by atoms with van der Waals surface area (Å²) in [5.41, 5.74) is 0.808. The van der Waals surface area contributed by atoms with E-state index in [0.29, 0.717) is 19.1 Å². The zero-order valence-electron chi connectivity index (χ0n) is 9.20. The van der Waals surface area contributed by atoms with E-state index in [0.717, 1.165) is 12.0 Å². The van der Waals surface area contributed by atoms with Gasteiger partial charge in [-0.25, -0.2) is 4.79 Å². The van der Waals surface area contributed by atoms with E-state index < -0.39 is 5.76 Å². The van der Waals surface area contributed by atoms with Crippen LogP contribution < -0.4 is 5.76 Å². The summed E-state index contributed by atoms with van der Waals surface area (Å²) in [5, 5.41) is 4.22. The van der Waals surface area contributed by atoms with Gasteiger partial charge in [0.05, 0.1) is 12.6 Å². The van der Waals surface area contributed by atoms with Crippen LogP contribution >= 0.6 is 0 Å². The first-order valence-electron chi connectivity index (χ1n) is 5.57. The smallest absolute Gasteiger partial charge is 0.388 e. The fourth-order valence-electron chi connectivity index (χ4n) is 1.93. The molecule has 1 unspecified atom stereocenters. The molecule has 5 nitrogen and oxygen atoms in total. The minimum Gasteiger partial charge on any atom is -0.388 e. The quantitative estimate of drug-likeness (QED) is 0.786. The van der Waals surface area contributed by atoms with Crippen molar-refractivity contribution in [2.45, 2.75) is 12.5 Å². The minimum absolute atomic E-state index is 0.00344. The lowest BCUT2D eigenvalue weighted by Gasteiger charge is -2.03. The molecule has 88 valence electrons. The van der Waals surface area contributed by atoms with E-state index in [1.54, 1.807) is 0 Å². The van der Waals surface area contributed by atoms with E-state index in [2.05, 4.69) is 5.10 Å². The maximum Gasteiger partial charge on any atom is 0.437 e. The van der Waals surface area contributed by atoms with Crippen molar-refractivity contribution in [3.05, 3.63) is 40.9 Å². The van der Waals surface area contributed by atoms with Gasteiger partial charge in [0.1, 0.15) is 0 Å². The van der Waals surface area contributed by atoms with Crippen LogP contribution in [0.4, 0.5) is 0 Å². The van der Waals surface area contributed by atoms with Crippen molar-refractivity contribution in [2.75, 3.05) is 13.2 Å². The molecule has 1 fully saturated rings. The second kappa shape index (κ2) is 4.18. The Balaban J connectivity index is 1.98. The third kappa shape index (κ3) is 1.89. The lowest BCUT2D eigenvalue weighted by Crippen LogP contribution is -2.22. The first-order chi connectivity index (χ1) is 8.34. The zero-order chi connectivity index (χ0) is 11.7. The highest BCUT2D eigenvalue weighted by molar-refractivity contribution is 5.51. The number of aromatic nitrogens is 2. The van der Waals surface area contributed by atoms with Gasteiger partial charge in [0.25, 0.3) is 0 Å². The second-order valence-electron chi connectivity index (χ2n) is 4.00. The van der Waals surface area contributed by atoms with Crippen molar-refractivity contribution >= 4 is 0 Å². The average Bonchev–Trinajstić information content (AvgIpc) is 2.99. The van der Waals surface area contributed by atoms with Crippen LogP contribution in [0, 0.1) is 0 Å². The summed E-state index contributed by atoms with van der Waals surface area (Å²) in [6, 6.07) is 9.40. The molecular formula is C12H12N2O3. The van der Waals surface area contributed by atoms with Gasteiger partial charge >= 0.3 is 5.76 Å². The van der Waals surface area contributed by atoms with Crippen LogP contribution in [0.3, 0.4) is 0 Å². The summed E-state index contributed by atoms with van der Waals surface area (Å²) >= 11 is 0. The van der Waals surface area contributed by atoms with Gasteiger partial charge in [0.15, 0.2) is 0 Å². The molecule has 1 aliphatic heterocycles. The number of nitrogens with zero attached hydrogens (tertiary/aromatic N) is 2. The van der Waals surface area contributed by atoms with Crippen LogP contribution in [0.2, 0.25) is 0 Å². The van der Waals surface area contributed by atoms with Crippen molar-refractivity contribution < 1.29 is 9.15 Å². The third-order valence-electron chi connectivity index (χ3n) is 2.84. The normalized spacial score (nSPS) is 19.6. The van der Waals surface area contributed by atoms with E-state index in [1.807, 2.05) is 30.3 Å². The van der Waals surface area contributed by atoms with Gasteiger partial charge in [-0.1, -0.05) is 18.2 Å². The van der Waals surface area contributed by atoms with Gasteiger partial charge in [0.2, 0.25) is 5.89 Å². The topological polar surface area (TPSA) is 57.3 Å². The number of hydrogen-bond donors (Lipinski definition) is 0. The highest BCUT2D eigenvalue weighted by Crippen LogP contribution is 2.19. The molecule has 1 aromatic carbocycles. The Kier molecular flexibility index (Phi) is 2.53. The van der Waals surface area contributed by atoms with Crippen LogP contribution in [-0.4, -0.2) is 23.0 Å². The van der Waals surface area contributed by atoms with Crippen molar-refractivity contribution in [1.82, 2.24) is 9.78 Å². The lowest BCUT2D eigenvalue weighted by atomic mass is 10.2. The molecule has 1 aromatic heterocycles. The monoisotopic (exact) mass is 232 g/mol. The number of ether oxygens (including phenoxy) is 1. The Labute approximate surface area is 97.6 Å². The summed E-state index contributed by atoms with van der Waals surface area (Å²) in [6.07, 6.45) is 0.806. The fourth-order valence-corrected chi connectivity index (χ4v) is 1.93. The van der Waals surface area contributed by atoms with Crippen LogP contribution in [0.25, 0.3) is 11.5 Å². The number of hydrogen-bond acceptors (Lipinski definition) is 4. The number of rotatable bonds is 2. The molecule has 0 bridgehead atoms. The summed E-state index contributed by atoms with van der Waals surface area (Å²) in [4.78, 5) is 11.7. The molecule has 1 atom stereocenters. The van der Waals surface area contributed by atoms with E-state index in [9.17, 15) is 4.79 Å². The molecule has 0 N–H and O–H groups in total. The van der Waals surface area contributed by atoms with Crippen molar-refractivity contribution in [3.8, 4) is 11.5 Å². The molecule has 0 aliphatic carbocycles. The molecule has 2 heterocycles. The van der Waals surface area contributed by atoms with Gasteiger partial charge in [-0.2, -0.15) is 4.68 Å². The Morgan fingerprint density at radius 1 is 1.29 bits per heavy atom. The Morgan fingerprint density at radius 2 is 2.12 bits per heavy atom. The van der Waals surface area contributed by atoms with E-state index in [4.69, 9.17) is 9.15 Å². The Bertz CT molecular complexity index is 553. The molecule has 1 aliphatic rings. The van der Waals surface area contributed by atoms with Crippen LogP contribution in [0.15, 0.2) is 39.5 Å². The molecule has 0 radical (unpaired) electrons. The molecule has 0 spiro atoms. The standard InChI is InChI=1S/C12H12N2O3/c15-12-14(10-6-7-16-8-10)13-11(17-12)9-4-2-1-3-5-9/h1-5,10H,6-8H2. The molecule has 0 saturated carbocycles. The molecule has 17 heavy (non-hydrogen) atoms. The summed E-state index contributed by atoms with van der Waals surface area (Å²) in [5.74, 6) is -0.0538. The molecule has 1 saturated heterocycles. The Morgan fingerprint density at radius 3 is 2.82 bits per heavy atom. The number of benzene rings is 1. The van der Waals surface area contributed by atoms with E-state index >= 15 is 0 Å². The maximum absolute atomic E-state index is 11.7. The van der Waals surface area contributed by atoms with Crippen LogP contribution in [0.5, 0.6) is 0 Å². The van der Waals surface area contributed by atoms with Gasteiger partial charge in [0, 0.05) is 12.2 Å². The fraction of sp³-hybridized carbons (Fsp3) is 0.333. The van der Waals surface area contributed by atoms with Gasteiger partial charge in [-0.05, 0) is 18.6 Å². The lowest BCUT2D eigenvalue weighted by molar-refractivity contribution is 0.183. The largest absolute Gasteiger partial charge is 0.437 e. The SMILES string of the molecule is O=c1oc(-c2ccccc2)nn1C1CCOC1. The molecule has 2 aromatic rings. The molecular weight excluding hydrogens is 220 g/mol. The molecule has 0 amide bonds. The minimum atomic E-state index is -0.417. The molecule has 3 rings (SSSR count). The zero-order valence-corrected chi connectivity index (χ0v) is 9.20. The second-order valence-corrected chi connectivity index (χ2v) is 4.00. The van der Waals surface area contributed by atoms with Crippen molar-refractivity contribution in [3.63, 3.8) is 0 Å². The Hall–Kier alpha value is -1.88.